The van der Waals surface area contributed by atoms with Crippen LogP contribution in [0.5, 0.6) is 0 Å². The zero-order chi connectivity index (χ0) is 14.1. The van der Waals surface area contributed by atoms with E-state index in [0.717, 1.165) is 0 Å². The van der Waals surface area contributed by atoms with Crippen molar-refractivity contribution < 1.29 is 18.0 Å². The number of hydroxylamine groups is 1. The average molecular weight is 272 g/mol. The molecule has 0 atom stereocenters. The van der Waals surface area contributed by atoms with Crippen LogP contribution >= 0.6 is 0 Å². The molecule has 1 heterocycles. The van der Waals surface area contributed by atoms with Crippen LogP contribution in [0.15, 0.2) is 41.1 Å². The largest absolute Gasteiger partial charge is 0.398 e. The van der Waals surface area contributed by atoms with Crippen LogP contribution in [0.25, 0.3) is 0 Å². The molecular weight excluding hydrogens is 257 g/mol. The van der Waals surface area contributed by atoms with Crippen molar-refractivity contribution in [3.05, 3.63) is 36.1 Å². The van der Waals surface area contributed by atoms with E-state index in [1.165, 1.54) is 25.5 Å². The lowest BCUT2D eigenvalue weighted by Gasteiger charge is -2.44. The first kappa shape index (κ1) is 13.9. The molecule has 2 aliphatic rings. The Morgan fingerprint density at radius 3 is 2.58 bits per heavy atom. The average Bonchev–Trinajstić information content (AvgIpc) is 2.60. The summed E-state index contributed by atoms with van der Waals surface area (Å²) in [6, 6.07) is 0. The van der Waals surface area contributed by atoms with E-state index in [2.05, 4.69) is 17.1 Å². The van der Waals surface area contributed by atoms with Crippen molar-refractivity contribution >= 4 is 5.84 Å². The van der Waals surface area contributed by atoms with Crippen LogP contribution in [0.2, 0.25) is 0 Å². The third-order valence-corrected chi connectivity index (χ3v) is 3.62. The van der Waals surface area contributed by atoms with Gasteiger partial charge < -0.3 is 0 Å². The predicted octanol–water partition coefficient (Wildman–Crippen LogP) is 3.28. The number of rotatable bonds is 3. The molecule has 1 saturated carbocycles. The van der Waals surface area contributed by atoms with E-state index in [4.69, 9.17) is 4.84 Å². The molecule has 0 unspecified atom stereocenters. The van der Waals surface area contributed by atoms with Gasteiger partial charge in [0, 0.05) is 11.8 Å². The Balaban J connectivity index is 2.36. The second-order valence-corrected chi connectivity index (χ2v) is 4.58. The van der Waals surface area contributed by atoms with Gasteiger partial charge in [0.25, 0.3) is 0 Å². The molecule has 2 rings (SSSR count). The van der Waals surface area contributed by atoms with E-state index in [-0.39, 0.29) is 24.3 Å². The lowest BCUT2D eigenvalue weighted by molar-refractivity contribution is -0.233. The maximum atomic E-state index is 13.3. The highest BCUT2D eigenvalue weighted by atomic mass is 19.4. The van der Waals surface area contributed by atoms with Crippen LogP contribution in [-0.2, 0) is 4.84 Å². The summed E-state index contributed by atoms with van der Waals surface area (Å²) in [6.45, 7) is 3.53. The molecule has 0 radical (unpaired) electrons. The molecule has 0 aromatic rings. The Bertz CT molecular complexity index is 471. The first-order chi connectivity index (χ1) is 8.96. The number of aliphatic imine (C=N–C) groups is 1. The van der Waals surface area contributed by atoms with E-state index in [9.17, 15) is 13.2 Å². The van der Waals surface area contributed by atoms with Crippen LogP contribution in [0.4, 0.5) is 13.2 Å². The molecule has 104 valence electrons. The molecule has 1 aliphatic heterocycles. The van der Waals surface area contributed by atoms with Crippen LogP contribution in [0, 0.1) is 5.41 Å². The molecule has 0 aromatic carbocycles. The number of allylic oxidation sites excluding steroid dienone is 2. The van der Waals surface area contributed by atoms with Gasteiger partial charge in [-0.2, -0.15) is 13.2 Å². The number of nitrogens with one attached hydrogen (secondary N) is 1. The topological polar surface area (TPSA) is 33.6 Å². The van der Waals surface area contributed by atoms with Gasteiger partial charge >= 0.3 is 6.18 Å². The molecular formula is C13H15F3N2O. The Morgan fingerprint density at radius 2 is 2.16 bits per heavy atom. The van der Waals surface area contributed by atoms with Crippen LogP contribution in [0.3, 0.4) is 0 Å². The van der Waals surface area contributed by atoms with Crippen LogP contribution < -0.4 is 5.48 Å². The van der Waals surface area contributed by atoms with E-state index in [1.807, 2.05) is 0 Å². The van der Waals surface area contributed by atoms with Gasteiger partial charge in [0.2, 0.25) is 0 Å². The third kappa shape index (κ3) is 2.10. The Labute approximate surface area is 109 Å². The molecule has 0 aromatic heterocycles. The summed E-state index contributed by atoms with van der Waals surface area (Å²) >= 11 is 0. The fourth-order valence-electron chi connectivity index (χ4n) is 2.48. The number of nitrogens with zero attached hydrogens (tertiary/aromatic N) is 1. The summed E-state index contributed by atoms with van der Waals surface area (Å²) in [5.74, 6) is 0.285. The monoisotopic (exact) mass is 272 g/mol. The number of hydrogen-bond donors (Lipinski definition) is 1. The third-order valence-electron chi connectivity index (χ3n) is 3.62. The Kier molecular flexibility index (Phi) is 3.54. The number of amidine groups is 1. The second kappa shape index (κ2) is 4.85. The Morgan fingerprint density at radius 1 is 1.47 bits per heavy atom. The minimum Gasteiger partial charge on any atom is -0.278 e. The van der Waals surface area contributed by atoms with E-state index < -0.39 is 11.6 Å². The molecule has 1 fully saturated rings. The lowest BCUT2D eigenvalue weighted by Crippen LogP contribution is -2.46. The van der Waals surface area contributed by atoms with Crippen molar-refractivity contribution in [3.8, 4) is 0 Å². The van der Waals surface area contributed by atoms with Gasteiger partial charge in [0.1, 0.15) is 0 Å². The summed E-state index contributed by atoms with van der Waals surface area (Å²) in [5, 5.41) is 0. The first-order valence-electron chi connectivity index (χ1n) is 5.94. The number of alkyl halides is 3. The molecule has 6 heteroatoms. The maximum Gasteiger partial charge on any atom is 0.398 e. The van der Waals surface area contributed by atoms with Gasteiger partial charge in [-0.3, -0.25) is 4.84 Å². The minimum atomic E-state index is -4.27. The van der Waals surface area contributed by atoms with Gasteiger partial charge in [0.15, 0.2) is 5.84 Å². The fraction of sp³-hybridized carbons (Fsp3) is 0.462. The lowest BCUT2D eigenvalue weighted by atomic mass is 9.62. The molecule has 0 bridgehead atoms. The molecule has 3 nitrogen and oxygen atoms in total. The quantitative estimate of drug-likeness (QED) is 0.800. The molecule has 0 spiro atoms. The normalized spacial score (nSPS) is 23.7. The predicted molar refractivity (Wildman–Crippen MR) is 66.3 cm³/mol. The summed E-state index contributed by atoms with van der Waals surface area (Å²) < 4.78 is 40.0. The van der Waals surface area contributed by atoms with Crippen molar-refractivity contribution in [1.82, 2.24) is 5.48 Å². The number of hydrogen-bond acceptors (Lipinski definition) is 3. The molecule has 1 N–H and O–H groups in total. The highest BCUT2D eigenvalue weighted by Crippen LogP contribution is 2.60. The summed E-state index contributed by atoms with van der Waals surface area (Å²) in [6.07, 6.45) is 0.767. The van der Waals surface area contributed by atoms with Crippen LogP contribution in [-0.4, -0.2) is 19.1 Å². The molecule has 19 heavy (non-hydrogen) atoms. The maximum absolute atomic E-state index is 13.3. The van der Waals surface area contributed by atoms with Crippen molar-refractivity contribution in [2.75, 3.05) is 7.11 Å². The zero-order valence-corrected chi connectivity index (χ0v) is 10.5. The fourth-order valence-corrected chi connectivity index (χ4v) is 2.48. The van der Waals surface area contributed by atoms with Crippen molar-refractivity contribution in [1.29, 1.82) is 0 Å². The van der Waals surface area contributed by atoms with Gasteiger partial charge in [-0.25, -0.2) is 10.5 Å². The first-order valence-corrected chi connectivity index (χ1v) is 5.94. The van der Waals surface area contributed by atoms with Crippen LogP contribution in [0.1, 0.15) is 19.3 Å². The van der Waals surface area contributed by atoms with E-state index in [1.54, 1.807) is 0 Å². The number of halogens is 3. The Hall–Kier alpha value is -1.56. The van der Waals surface area contributed by atoms with Crippen molar-refractivity contribution in [3.63, 3.8) is 0 Å². The van der Waals surface area contributed by atoms with Gasteiger partial charge in [0.05, 0.1) is 12.5 Å². The smallest absolute Gasteiger partial charge is 0.278 e. The van der Waals surface area contributed by atoms with Gasteiger partial charge in [-0.15, -0.1) is 0 Å². The van der Waals surface area contributed by atoms with Gasteiger partial charge in [-0.05, 0) is 18.4 Å². The molecule has 0 saturated heterocycles. The van der Waals surface area contributed by atoms with Crippen molar-refractivity contribution in [2.45, 2.75) is 25.4 Å². The minimum absolute atomic E-state index is 0.104. The SMILES string of the molecule is C=C/C=C1/C(C2(C(F)(F)F)CCC2)=CN=C1NOC. The summed E-state index contributed by atoms with van der Waals surface area (Å²) in [5.41, 5.74) is 1.32. The summed E-state index contributed by atoms with van der Waals surface area (Å²) in [4.78, 5) is 8.70. The van der Waals surface area contributed by atoms with E-state index >= 15 is 0 Å². The highest BCUT2D eigenvalue weighted by Gasteiger charge is 2.61. The van der Waals surface area contributed by atoms with Gasteiger partial charge in [-0.1, -0.05) is 25.2 Å². The highest BCUT2D eigenvalue weighted by molar-refractivity contribution is 6.04. The molecule has 1 aliphatic carbocycles. The van der Waals surface area contributed by atoms with E-state index in [0.29, 0.717) is 12.0 Å². The summed E-state index contributed by atoms with van der Waals surface area (Å²) in [7, 11) is 1.38. The van der Waals surface area contributed by atoms with Crippen molar-refractivity contribution in [2.24, 2.45) is 10.4 Å². The standard InChI is InChI=1S/C13H15F3N2O/c1-3-5-9-10(8-17-11(9)18-19-2)12(6-4-7-12)13(14,15)16/h3,5,8H,1,4,6-7H2,2H3,(H,17,18)/b9-5-. The zero-order valence-electron chi connectivity index (χ0n) is 10.5. The second-order valence-electron chi connectivity index (χ2n) is 4.58. The molecule has 0 amide bonds.